The van der Waals surface area contributed by atoms with E-state index in [1.165, 1.54) is 0 Å². The van der Waals surface area contributed by atoms with Crippen molar-refractivity contribution in [1.29, 1.82) is 0 Å². The number of hydrogen-bond donors (Lipinski definition) is 2. The van der Waals surface area contributed by atoms with Crippen LogP contribution in [0.15, 0.2) is 0 Å². The largest absolute Gasteiger partial charge is 0.376 e. The second-order valence-electron chi connectivity index (χ2n) is 6.32. The molecule has 7 heteroatoms. The zero-order valence-corrected chi connectivity index (χ0v) is 15.4. The molecule has 1 aliphatic heterocycles. The summed E-state index contributed by atoms with van der Waals surface area (Å²) in [5.41, 5.74) is 5.77. The molecule has 136 valence electrons. The standard InChI is InChI=1S/C16H31N3O3.ClH/c1-4-8-19(11-13-7-5-6-9-22-13)14(20)10-18-16(21)15(17)12(2)3;/h12-13,15H,4-11,17H2,1-3H3,(H,18,21);1H/t13?,15-;/m0./s1. The third kappa shape index (κ3) is 7.99. The number of nitrogens with zero attached hydrogens (tertiary/aromatic N) is 1. The van der Waals surface area contributed by atoms with Crippen LogP contribution in [-0.2, 0) is 14.3 Å². The van der Waals surface area contributed by atoms with Crippen molar-refractivity contribution in [3.05, 3.63) is 0 Å². The van der Waals surface area contributed by atoms with Crippen LogP contribution in [0.1, 0.15) is 46.5 Å². The second kappa shape index (κ2) is 11.6. The molecule has 0 aromatic heterocycles. The first-order chi connectivity index (χ1) is 10.5. The molecule has 1 saturated heterocycles. The monoisotopic (exact) mass is 349 g/mol. The van der Waals surface area contributed by atoms with Crippen LogP contribution < -0.4 is 11.1 Å². The van der Waals surface area contributed by atoms with Gasteiger partial charge in [0.25, 0.3) is 0 Å². The molecule has 1 rings (SSSR count). The first-order valence-electron chi connectivity index (χ1n) is 8.38. The van der Waals surface area contributed by atoms with Gasteiger partial charge in [0.05, 0.1) is 18.7 Å². The van der Waals surface area contributed by atoms with E-state index in [1.54, 1.807) is 4.90 Å². The van der Waals surface area contributed by atoms with E-state index < -0.39 is 6.04 Å². The minimum Gasteiger partial charge on any atom is -0.376 e. The van der Waals surface area contributed by atoms with Gasteiger partial charge in [-0.05, 0) is 31.6 Å². The highest BCUT2D eigenvalue weighted by molar-refractivity contribution is 5.87. The molecule has 0 aliphatic carbocycles. The number of carbonyl (C=O) groups excluding carboxylic acids is 2. The van der Waals surface area contributed by atoms with Gasteiger partial charge < -0.3 is 20.7 Å². The van der Waals surface area contributed by atoms with E-state index in [0.717, 1.165) is 32.3 Å². The number of nitrogens with one attached hydrogen (secondary N) is 1. The third-order valence-electron chi connectivity index (χ3n) is 3.98. The zero-order chi connectivity index (χ0) is 16.5. The molecule has 1 unspecified atom stereocenters. The van der Waals surface area contributed by atoms with Crippen LogP contribution in [0.3, 0.4) is 0 Å². The molecule has 1 heterocycles. The number of nitrogens with two attached hydrogens (primary N) is 1. The lowest BCUT2D eigenvalue weighted by Gasteiger charge is -2.30. The van der Waals surface area contributed by atoms with Gasteiger partial charge in [0.15, 0.2) is 0 Å². The Morgan fingerprint density at radius 3 is 2.57 bits per heavy atom. The first kappa shape index (κ1) is 22.1. The summed E-state index contributed by atoms with van der Waals surface area (Å²) in [5.74, 6) is -0.286. The lowest BCUT2D eigenvalue weighted by Crippen LogP contribution is -2.49. The summed E-state index contributed by atoms with van der Waals surface area (Å²) >= 11 is 0. The summed E-state index contributed by atoms with van der Waals surface area (Å²) in [4.78, 5) is 25.9. The Hall–Kier alpha value is -0.850. The molecular formula is C16H32ClN3O3. The number of carbonyl (C=O) groups is 2. The smallest absolute Gasteiger partial charge is 0.242 e. The summed E-state index contributed by atoms with van der Waals surface area (Å²) in [7, 11) is 0. The van der Waals surface area contributed by atoms with Gasteiger partial charge >= 0.3 is 0 Å². The van der Waals surface area contributed by atoms with Gasteiger partial charge in [-0.3, -0.25) is 9.59 Å². The van der Waals surface area contributed by atoms with Crippen LogP contribution in [0.25, 0.3) is 0 Å². The first-order valence-corrected chi connectivity index (χ1v) is 8.38. The average molecular weight is 350 g/mol. The van der Waals surface area contributed by atoms with E-state index in [-0.39, 0.29) is 42.8 Å². The van der Waals surface area contributed by atoms with Crippen LogP contribution in [-0.4, -0.2) is 55.1 Å². The quantitative estimate of drug-likeness (QED) is 0.692. The highest BCUT2D eigenvalue weighted by Gasteiger charge is 2.22. The summed E-state index contributed by atoms with van der Waals surface area (Å²) in [6.45, 7) is 7.88. The minimum absolute atomic E-state index is 0. The summed E-state index contributed by atoms with van der Waals surface area (Å²) < 4.78 is 5.70. The van der Waals surface area contributed by atoms with E-state index in [1.807, 2.05) is 20.8 Å². The maximum Gasteiger partial charge on any atom is 0.242 e. The molecule has 6 nitrogen and oxygen atoms in total. The van der Waals surface area contributed by atoms with Crippen molar-refractivity contribution in [2.45, 2.75) is 58.6 Å². The van der Waals surface area contributed by atoms with Crippen molar-refractivity contribution in [3.63, 3.8) is 0 Å². The van der Waals surface area contributed by atoms with Gasteiger partial charge in [-0.15, -0.1) is 12.4 Å². The fourth-order valence-electron chi connectivity index (χ4n) is 2.48. The predicted molar refractivity (Wildman–Crippen MR) is 93.5 cm³/mol. The number of halogens is 1. The molecule has 2 atom stereocenters. The molecule has 23 heavy (non-hydrogen) atoms. The summed E-state index contributed by atoms with van der Waals surface area (Å²) in [6.07, 6.45) is 4.26. The molecule has 0 aromatic rings. The fraction of sp³-hybridized carbons (Fsp3) is 0.875. The van der Waals surface area contributed by atoms with E-state index in [0.29, 0.717) is 13.1 Å². The topological polar surface area (TPSA) is 84.7 Å². The van der Waals surface area contributed by atoms with Crippen molar-refractivity contribution in [1.82, 2.24) is 10.2 Å². The lowest BCUT2D eigenvalue weighted by molar-refractivity contribution is -0.135. The van der Waals surface area contributed by atoms with E-state index in [2.05, 4.69) is 5.32 Å². The van der Waals surface area contributed by atoms with Crippen LogP contribution in [0.5, 0.6) is 0 Å². The molecular weight excluding hydrogens is 318 g/mol. The molecule has 1 aliphatic rings. The molecule has 0 saturated carbocycles. The molecule has 2 amide bonds. The summed E-state index contributed by atoms with van der Waals surface area (Å²) in [6, 6.07) is -0.575. The predicted octanol–water partition coefficient (Wildman–Crippen LogP) is 1.32. The Bertz CT molecular complexity index is 360. The van der Waals surface area contributed by atoms with Crippen molar-refractivity contribution >= 4 is 24.2 Å². The van der Waals surface area contributed by atoms with E-state index in [9.17, 15) is 9.59 Å². The fourth-order valence-corrected chi connectivity index (χ4v) is 2.48. The van der Waals surface area contributed by atoms with E-state index >= 15 is 0 Å². The van der Waals surface area contributed by atoms with Crippen molar-refractivity contribution in [2.24, 2.45) is 11.7 Å². The summed E-state index contributed by atoms with van der Waals surface area (Å²) in [5, 5.41) is 2.64. The maximum absolute atomic E-state index is 12.3. The lowest BCUT2D eigenvalue weighted by atomic mass is 10.1. The molecule has 0 aromatic carbocycles. The van der Waals surface area contributed by atoms with Crippen LogP contribution in [0, 0.1) is 5.92 Å². The van der Waals surface area contributed by atoms with Crippen molar-refractivity contribution in [2.75, 3.05) is 26.2 Å². The normalized spacial score (nSPS) is 18.9. The van der Waals surface area contributed by atoms with Gasteiger partial charge in [-0.1, -0.05) is 20.8 Å². The van der Waals surface area contributed by atoms with Crippen LogP contribution in [0.4, 0.5) is 0 Å². The Kier molecular flexibility index (Phi) is 11.2. The minimum atomic E-state index is -0.575. The number of ether oxygens (including phenoxy) is 1. The second-order valence-corrected chi connectivity index (χ2v) is 6.32. The van der Waals surface area contributed by atoms with Crippen molar-refractivity contribution in [3.8, 4) is 0 Å². The van der Waals surface area contributed by atoms with Crippen LogP contribution >= 0.6 is 12.4 Å². The van der Waals surface area contributed by atoms with Gasteiger partial charge in [0, 0.05) is 19.7 Å². The molecule has 3 N–H and O–H groups in total. The highest BCUT2D eigenvalue weighted by atomic mass is 35.5. The van der Waals surface area contributed by atoms with Crippen molar-refractivity contribution < 1.29 is 14.3 Å². The third-order valence-corrected chi connectivity index (χ3v) is 3.98. The zero-order valence-electron chi connectivity index (χ0n) is 14.5. The molecule has 1 fully saturated rings. The average Bonchev–Trinajstić information content (AvgIpc) is 2.52. The number of amides is 2. The van der Waals surface area contributed by atoms with Gasteiger partial charge in [-0.25, -0.2) is 0 Å². The Morgan fingerprint density at radius 1 is 1.35 bits per heavy atom. The Labute approximate surface area is 145 Å². The van der Waals surface area contributed by atoms with Gasteiger partial charge in [-0.2, -0.15) is 0 Å². The van der Waals surface area contributed by atoms with Gasteiger partial charge in [0.2, 0.25) is 11.8 Å². The van der Waals surface area contributed by atoms with Crippen LogP contribution in [0.2, 0.25) is 0 Å². The molecule has 0 bridgehead atoms. The van der Waals surface area contributed by atoms with E-state index in [4.69, 9.17) is 10.5 Å². The number of hydrogen-bond acceptors (Lipinski definition) is 4. The maximum atomic E-state index is 12.3. The Balaban J connectivity index is 0.00000484. The Morgan fingerprint density at radius 2 is 2.04 bits per heavy atom. The molecule has 0 spiro atoms. The highest BCUT2D eigenvalue weighted by Crippen LogP contribution is 2.14. The number of rotatable bonds is 8. The molecule has 0 radical (unpaired) electrons. The SMILES string of the molecule is CCCN(CC1CCCCO1)C(=O)CNC(=O)[C@@H](N)C(C)C.Cl. The van der Waals surface area contributed by atoms with Gasteiger partial charge in [0.1, 0.15) is 0 Å².